The van der Waals surface area contributed by atoms with Crippen LogP contribution in [0.1, 0.15) is 20.3 Å². The summed E-state index contributed by atoms with van der Waals surface area (Å²) in [5.41, 5.74) is 0. The van der Waals surface area contributed by atoms with Crippen molar-refractivity contribution in [3.63, 3.8) is 0 Å². The van der Waals surface area contributed by atoms with Crippen LogP contribution in [0.3, 0.4) is 0 Å². The zero-order valence-electron chi connectivity index (χ0n) is 11.8. The Morgan fingerprint density at radius 1 is 1.29 bits per heavy atom. The Balaban J connectivity index is 4.63. The van der Waals surface area contributed by atoms with E-state index in [4.69, 9.17) is 9.26 Å². The van der Waals surface area contributed by atoms with E-state index in [1.165, 1.54) is 0 Å². The van der Waals surface area contributed by atoms with Gasteiger partial charge in [0, 0.05) is 0 Å². The summed E-state index contributed by atoms with van der Waals surface area (Å²) in [7, 11) is 1.70. The van der Waals surface area contributed by atoms with Crippen LogP contribution >= 0.6 is 18.6 Å². The molecule has 0 aromatic rings. The number of ether oxygens (including phenoxy) is 1. The fourth-order valence-electron chi connectivity index (χ4n) is 1.61. The monoisotopic (exact) mass is 282 g/mol. The predicted molar refractivity (Wildman–Crippen MR) is 79.8 cm³/mol. The van der Waals surface area contributed by atoms with Gasteiger partial charge >= 0.3 is 110 Å². The van der Waals surface area contributed by atoms with Crippen LogP contribution < -0.4 is 0 Å². The Bertz CT molecular complexity index is 242. The van der Waals surface area contributed by atoms with Crippen molar-refractivity contribution in [1.82, 2.24) is 0 Å². The summed E-state index contributed by atoms with van der Waals surface area (Å²) in [4.78, 5) is 11.9. The van der Waals surface area contributed by atoms with Crippen molar-refractivity contribution in [2.75, 3.05) is 50.9 Å². The molecule has 0 amide bonds. The van der Waals surface area contributed by atoms with Gasteiger partial charge in [0.25, 0.3) is 0 Å². The SMILES string of the molecule is CCP(C)(CC)(CCOC)OC(=O)CCSC. The van der Waals surface area contributed by atoms with Crippen molar-refractivity contribution in [2.45, 2.75) is 20.3 Å². The first-order chi connectivity index (χ1) is 7.93. The zero-order chi connectivity index (χ0) is 13.4. The van der Waals surface area contributed by atoms with Crippen molar-refractivity contribution in [1.29, 1.82) is 0 Å². The van der Waals surface area contributed by atoms with Gasteiger partial charge in [-0.3, -0.25) is 0 Å². The van der Waals surface area contributed by atoms with Gasteiger partial charge in [0.15, 0.2) is 0 Å². The van der Waals surface area contributed by atoms with Gasteiger partial charge in [0.2, 0.25) is 0 Å². The fraction of sp³-hybridized carbons (Fsp3) is 0.917. The zero-order valence-corrected chi connectivity index (χ0v) is 13.5. The van der Waals surface area contributed by atoms with Crippen LogP contribution in [0.2, 0.25) is 0 Å². The molecule has 0 N–H and O–H groups in total. The summed E-state index contributed by atoms with van der Waals surface area (Å²) in [6.45, 7) is 4.75. The molecule has 0 spiro atoms. The topological polar surface area (TPSA) is 35.5 Å². The molecule has 0 saturated heterocycles. The quantitative estimate of drug-likeness (QED) is 0.609. The van der Waals surface area contributed by atoms with Crippen LogP contribution in [-0.4, -0.2) is 56.8 Å². The van der Waals surface area contributed by atoms with E-state index in [1.54, 1.807) is 18.9 Å². The number of hydrogen-bond acceptors (Lipinski definition) is 4. The van der Waals surface area contributed by atoms with E-state index in [-0.39, 0.29) is 5.97 Å². The van der Waals surface area contributed by atoms with Crippen LogP contribution in [0.5, 0.6) is 0 Å². The summed E-state index contributed by atoms with van der Waals surface area (Å²) in [5, 5.41) is 0. The van der Waals surface area contributed by atoms with Gasteiger partial charge in [-0.25, -0.2) is 0 Å². The molecule has 0 aromatic heterocycles. The van der Waals surface area contributed by atoms with Gasteiger partial charge in [-0.05, 0) is 0 Å². The summed E-state index contributed by atoms with van der Waals surface area (Å²) >= 11 is 1.68. The summed E-state index contributed by atoms with van der Waals surface area (Å²) < 4.78 is 11.1. The Labute approximate surface area is 110 Å². The van der Waals surface area contributed by atoms with Crippen molar-refractivity contribution < 1.29 is 14.1 Å². The normalized spacial score (nSPS) is 14.1. The molecule has 0 atom stereocenters. The molecule has 0 aliphatic heterocycles. The Kier molecular flexibility index (Phi) is 7.70. The number of hydrogen-bond donors (Lipinski definition) is 0. The van der Waals surface area contributed by atoms with Gasteiger partial charge in [-0.15, -0.1) is 0 Å². The third-order valence-corrected chi connectivity index (χ3v) is 10.0. The van der Waals surface area contributed by atoms with E-state index >= 15 is 0 Å². The minimum atomic E-state index is -2.34. The second-order valence-corrected chi connectivity index (χ2v) is 12.0. The molecular weight excluding hydrogens is 255 g/mol. The summed E-state index contributed by atoms with van der Waals surface area (Å²) in [6.07, 6.45) is 5.27. The maximum atomic E-state index is 11.9. The molecule has 0 heterocycles. The van der Waals surface area contributed by atoms with Crippen LogP contribution in [0.4, 0.5) is 0 Å². The second kappa shape index (κ2) is 7.60. The van der Waals surface area contributed by atoms with Gasteiger partial charge < -0.3 is 0 Å². The number of carbonyl (C=O) groups is 1. The second-order valence-electron chi connectivity index (χ2n) is 4.74. The molecule has 0 bridgehead atoms. The van der Waals surface area contributed by atoms with Crippen LogP contribution in [0.15, 0.2) is 0 Å². The van der Waals surface area contributed by atoms with E-state index in [0.29, 0.717) is 13.0 Å². The molecule has 0 unspecified atom stereocenters. The molecule has 3 nitrogen and oxygen atoms in total. The third-order valence-electron chi connectivity index (χ3n) is 3.61. The van der Waals surface area contributed by atoms with Crippen LogP contribution in [0.25, 0.3) is 0 Å². The standard InChI is InChI=1S/C12H27O3PS/c1-6-16(4,7-2,10-9-14-3)15-12(13)8-11-17-5/h6-11H2,1-5H3. The number of rotatable bonds is 9. The molecular formula is C12H27O3PS. The van der Waals surface area contributed by atoms with Crippen molar-refractivity contribution >= 4 is 24.6 Å². The first-order valence-electron chi connectivity index (χ1n) is 6.15. The third kappa shape index (κ3) is 5.58. The van der Waals surface area contributed by atoms with E-state index in [0.717, 1.165) is 24.2 Å². The van der Waals surface area contributed by atoms with Crippen molar-refractivity contribution in [2.24, 2.45) is 0 Å². The number of thioether (sulfide) groups is 1. The fourth-order valence-corrected chi connectivity index (χ4v) is 4.84. The number of carbonyl (C=O) groups excluding carboxylic acids is 1. The van der Waals surface area contributed by atoms with E-state index in [9.17, 15) is 4.79 Å². The molecule has 17 heavy (non-hydrogen) atoms. The molecule has 5 heteroatoms. The summed E-state index contributed by atoms with van der Waals surface area (Å²) in [5.74, 6) is 0.794. The first-order valence-corrected chi connectivity index (χ1v) is 10.7. The molecule has 0 radical (unpaired) electrons. The molecule has 0 aliphatic carbocycles. The molecule has 0 aliphatic rings. The van der Waals surface area contributed by atoms with Crippen molar-refractivity contribution in [3.05, 3.63) is 0 Å². The van der Waals surface area contributed by atoms with Crippen LogP contribution in [0, 0.1) is 0 Å². The Morgan fingerprint density at radius 3 is 2.29 bits per heavy atom. The van der Waals surface area contributed by atoms with Gasteiger partial charge in [-0.2, -0.15) is 0 Å². The predicted octanol–water partition coefficient (Wildman–Crippen LogP) is 3.07. The molecule has 104 valence electrons. The molecule has 0 rings (SSSR count). The minimum absolute atomic E-state index is 0.0423. The average Bonchev–Trinajstić information content (AvgIpc) is 2.34. The van der Waals surface area contributed by atoms with Gasteiger partial charge in [0.05, 0.1) is 0 Å². The first kappa shape index (κ1) is 17.2. The Hall–Kier alpha value is 0.210. The molecule has 0 saturated carbocycles. The number of methoxy groups -OCH3 is 1. The van der Waals surface area contributed by atoms with E-state index in [2.05, 4.69) is 20.5 Å². The Morgan fingerprint density at radius 2 is 1.88 bits per heavy atom. The van der Waals surface area contributed by atoms with E-state index in [1.807, 2.05) is 6.26 Å². The van der Waals surface area contributed by atoms with E-state index < -0.39 is 6.83 Å². The van der Waals surface area contributed by atoms with Gasteiger partial charge in [0.1, 0.15) is 0 Å². The van der Waals surface area contributed by atoms with Gasteiger partial charge in [-0.1, -0.05) is 0 Å². The summed E-state index contributed by atoms with van der Waals surface area (Å²) in [6, 6.07) is 0. The average molecular weight is 282 g/mol. The molecule has 0 fully saturated rings. The molecule has 0 aromatic carbocycles. The maximum absolute atomic E-state index is 11.9. The van der Waals surface area contributed by atoms with Crippen LogP contribution in [-0.2, 0) is 14.1 Å². The van der Waals surface area contributed by atoms with Crippen molar-refractivity contribution in [3.8, 4) is 0 Å².